The molecule has 1 amide bonds. The molecule has 142 valence electrons. The Bertz CT molecular complexity index is 793. The summed E-state index contributed by atoms with van der Waals surface area (Å²) >= 11 is 0. The first kappa shape index (κ1) is 17.5. The topological polar surface area (TPSA) is 98.7 Å². The average molecular weight is 380 g/mol. The van der Waals surface area contributed by atoms with E-state index in [9.17, 15) is 13.2 Å². The SMILES string of the molecule is CC(=O)N1CCN(c2nccc(N3CCN[C@@H]4CS(=O)(=O)C[C@@H]43)n2)CC1. The van der Waals surface area contributed by atoms with Gasteiger partial charge in [0.2, 0.25) is 11.9 Å². The lowest BCUT2D eigenvalue weighted by atomic mass is 10.1. The second-order valence-electron chi connectivity index (χ2n) is 7.11. The van der Waals surface area contributed by atoms with Crippen molar-refractivity contribution in [2.24, 2.45) is 0 Å². The van der Waals surface area contributed by atoms with Crippen LogP contribution >= 0.6 is 0 Å². The summed E-state index contributed by atoms with van der Waals surface area (Å²) < 4.78 is 24.1. The summed E-state index contributed by atoms with van der Waals surface area (Å²) in [6.07, 6.45) is 1.73. The van der Waals surface area contributed by atoms with Crippen molar-refractivity contribution in [3.8, 4) is 0 Å². The summed E-state index contributed by atoms with van der Waals surface area (Å²) in [6.45, 7) is 5.79. The minimum absolute atomic E-state index is 0.0359. The van der Waals surface area contributed by atoms with Crippen molar-refractivity contribution in [3.63, 3.8) is 0 Å². The maximum absolute atomic E-state index is 12.0. The van der Waals surface area contributed by atoms with E-state index >= 15 is 0 Å². The number of nitrogens with one attached hydrogen (secondary N) is 1. The second kappa shape index (κ2) is 6.66. The summed E-state index contributed by atoms with van der Waals surface area (Å²) in [5.74, 6) is 1.87. The molecule has 0 aliphatic carbocycles. The summed E-state index contributed by atoms with van der Waals surface area (Å²) in [5, 5.41) is 3.32. The van der Waals surface area contributed by atoms with Crippen LogP contribution in [0.1, 0.15) is 6.92 Å². The number of nitrogens with zero attached hydrogens (tertiary/aromatic N) is 5. The van der Waals surface area contributed by atoms with E-state index in [0.29, 0.717) is 32.1 Å². The van der Waals surface area contributed by atoms with Crippen LogP contribution in [0.5, 0.6) is 0 Å². The van der Waals surface area contributed by atoms with Gasteiger partial charge in [0.05, 0.1) is 17.5 Å². The van der Waals surface area contributed by atoms with Crippen LogP contribution in [0, 0.1) is 0 Å². The zero-order valence-electron chi connectivity index (χ0n) is 14.8. The number of aromatic nitrogens is 2. The van der Waals surface area contributed by atoms with Crippen molar-refractivity contribution in [1.82, 2.24) is 20.2 Å². The Labute approximate surface area is 153 Å². The van der Waals surface area contributed by atoms with Crippen molar-refractivity contribution >= 4 is 27.5 Å². The summed E-state index contributed by atoms with van der Waals surface area (Å²) in [7, 11) is -3.01. The van der Waals surface area contributed by atoms with E-state index in [1.807, 2.05) is 11.0 Å². The van der Waals surface area contributed by atoms with E-state index in [4.69, 9.17) is 4.98 Å². The van der Waals surface area contributed by atoms with E-state index in [-0.39, 0.29) is 29.5 Å². The van der Waals surface area contributed by atoms with Gasteiger partial charge < -0.3 is 20.0 Å². The normalized spacial score (nSPS) is 28.1. The van der Waals surface area contributed by atoms with Crippen LogP contribution in [-0.4, -0.2) is 92.1 Å². The van der Waals surface area contributed by atoms with Gasteiger partial charge in [0.15, 0.2) is 9.84 Å². The molecule has 3 aliphatic heterocycles. The minimum atomic E-state index is -3.01. The lowest BCUT2D eigenvalue weighted by molar-refractivity contribution is -0.129. The van der Waals surface area contributed by atoms with E-state index in [0.717, 1.165) is 18.9 Å². The predicted octanol–water partition coefficient (Wildman–Crippen LogP) is -1.28. The molecule has 0 unspecified atom stereocenters. The van der Waals surface area contributed by atoms with Crippen LogP contribution in [0.3, 0.4) is 0 Å². The number of rotatable bonds is 2. The first-order valence-corrected chi connectivity index (χ1v) is 10.8. The van der Waals surface area contributed by atoms with Crippen molar-refractivity contribution in [1.29, 1.82) is 0 Å². The van der Waals surface area contributed by atoms with E-state index in [1.165, 1.54) is 0 Å². The first-order chi connectivity index (χ1) is 12.4. The quantitative estimate of drug-likeness (QED) is 0.678. The number of carbonyl (C=O) groups excluding carboxylic acids is 1. The fraction of sp³-hybridized carbons (Fsp3) is 0.688. The van der Waals surface area contributed by atoms with Gasteiger partial charge in [-0.05, 0) is 6.07 Å². The zero-order chi connectivity index (χ0) is 18.3. The fourth-order valence-corrected chi connectivity index (χ4v) is 5.98. The summed E-state index contributed by atoms with van der Waals surface area (Å²) in [5.41, 5.74) is 0. The van der Waals surface area contributed by atoms with E-state index in [1.54, 1.807) is 13.1 Å². The summed E-state index contributed by atoms with van der Waals surface area (Å²) in [4.78, 5) is 26.6. The number of sulfone groups is 1. The molecule has 0 saturated carbocycles. The van der Waals surface area contributed by atoms with Gasteiger partial charge in [-0.15, -0.1) is 0 Å². The lowest BCUT2D eigenvalue weighted by Gasteiger charge is -2.39. The molecule has 1 N–H and O–H groups in total. The monoisotopic (exact) mass is 380 g/mol. The molecular weight excluding hydrogens is 356 g/mol. The van der Waals surface area contributed by atoms with Gasteiger partial charge in [-0.1, -0.05) is 0 Å². The number of hydrogen-bond acceptors (Lipinski definition) is 8. The molecular formula is C16H24N6O3S. The van der Waals surface area contributed by atoms with Crippen LogP contribution in [0.15, 0.2) is 12.3 Å². The molecule has 0 radical (unpaired) electrons. The van der Waals surface area contributed by atoms with Gasteiger partial charge in [-0.25, -0.2) is 13.4 Å². The molecule has 0 spiro atoms. The molecule has 26 heavy (non-hydrogen) atoms. The zero-order valence-corrected chi connectivity index (χ0v) is 15.7. The number of fused-ring (bicyclic) bond motifs is 1. The molecule has 9 nitrogen and oxygen atoms in total. The molecule has 3 saturated heterocycles. The molecule has 2 atom stereocenters. The number of piperazine rings is 2. The number of carbonyl (C=O) groups is 1. The maximum Gasteiger partial charge on any atom is 0.227 e. The molecule has 0 bridgehead atoms. The molecule has 4 heterocycles. The first-order valence-electron chi connectivity index (χ1n) is 8.97. The molecule has 10 heteroatoms. The molecule has 3 fully saturated rings. The van der Waals surface area contributed by atoms with Crippen molar-refractivity contribution in [3.05, 3.63) is 12.3 Å². The Hall–Kier alpha value is -1.94. The highest BCUT2D eigenvalue weighted by Crippen LogP contribution is 2.26. The Morgan fingerprint density at radius 2 is 1.96 bits per heavy atom. The van der Waals surface area contributed by atoms with E-state index < -0.39 is 9.84 Å². The smallest absolute Gasteiger partial charge is 0.227 e. The number of anilines is 2. The Morgan fingerprint density at radius 1 is 1.19 bits per heavy atom. The lowest BCUT2D eigenvalue weighted by Crippen LogP contribution is -2.57. The molecule has 3 aliphatic rings. The minimum Gasteiger partial charge on any atom is -0.350 e. The average Bonchev–Trinajstić information content (AvgIpc) is 2.95. The second-order valence-corrected chi connectivity index (χ2v) is 9.26. The van der Waals surface area contributed by atoms with Crippen LogP contribution in [0.25, 0.3) is 0 Å². The van der Waals surface area contributed by atoms with Gasteiger partial charge in [-0.2, -0.15) is 4.98 Å². The van der Waals surface area contributed by atoms with Gasteiger partial charge in [0, 0.05) is 58.4 Å². The Kier molecular flexibility index (Phi) is 4.47. The fourth-order valence-electron chi connectivity index (χ4n) is 4.02. The van der Waals surface area contributed by atoms with Crippen LogP contribution < -0.4 is 15.1 Å². The third-order valence-corrected chi connectivity index (χ3v) is 7.13. The van der Waals surface area contributed by atoms with Gasteiger partial charge in [0.1, 0.15) is 5.82 Å². The highest BCUT2D eigenvalue weighted by Gasteiger charge is 2.43. The van der Waals surface area contributed by atoms with Crippen LogP contribution in [0.2, 0.25) is 0 Å². The number of hydrogen-bond donors (Lipinski definition) is 1. The predicted molar refractivity (Wildman–Crippen MR) is 98.1 cm³/mol. The van der Waals surface area contributed by atoms with Gasteiger partial charge in [0.25, 0.3) is 0 Å². The summed E-state index contributed by atoms with van der Waals surface area (Å²) in [6, 6.07) is 1.74. The van der Waals surface area contributed by atoms with Crippen LogP contribution in [-0.2, 0) is 14.6 Å². The molecule has 1 aromatic heterocycles. The highest BCUT2D eigenvalue weighted by atomic mass is 32.2. The highest BCUT2D eigenvalue weighted by molar-refractivity contribution is 7.91. The van der Waals surface area contributed by atoms with Crippen molar-refractivity contribution < 1.29 is 13.2 Å². The molecule has 4 rings (SSSR count). The number of amides is 1. The largest absolute Gasteiger partial charge is 0.350 e. The maximum atomic E-state index is 12.0. The van der Waals surface area contributed by atoms with Crippen molar-refractivity contribution in [2.75, 3.05) is 60.6 Å². The third kappa shape index (κ3) is 3.35. The Balaban J connectivity index is 1.52. The third-order valence-electron chi connectivity index (χ3n) is 5.41. The van der Waals surface area contributed by atoms with Crippen LogP contribution in [0.4, 0.5) is 11.8 Å². The van der Waals surface area contributed by atoms with E-state index in [2.05, 4.69) is 20.1 Å². The van der Waals surface area contributed by atoms with Crippen molar-refractivity contribution in [2.45, 2.75) is 19.0 Å². The van der Waals surface area contributed by atoms with Gasteiger partial charge >= 0.3 is 0 Å². The van der Waals surface area contributed by atoms with Gasteiger partial charge in [-0.3, -0.25) is 4.79 Å². The Morgan fingerprint density at radius 3 is 2.69 bits per heavy atom. The molecule has 0 aromatic carbocycles. The standard InChI is InChI=1S/C16H24N6O3S/c1-12(23)20-6-8-21(9-7-20)16-18-3-2-15(19-16)22-5-4-17-13-10-26(24,25)11-14(13)22/h2-3,13-14,17H,4-11H2,1H3/t13-,14+/m1/s1. The molecule has 1 aromatic rings.